The number of ether oxygens (including phenoxy) is 1. The van der Waals surface area contributed by atoms with Crippen LogP contribution >= 0.6 is 11.8 Å². The molecule has 0 aliphatic carbocycles. The van der Waals surface area contributed by atoms with Crippen molar-refractivity contribution in [2.45, 2.75) is 30.5 Å². The zero-order chi connectivity index (χ0) is 18.5. The summed E-state index contributed by atoms with van der Waals surface area (Å²) in [7, 11) is 0. The Morgan fingerprint density at radius 1 is 1.04 bits per heavy atom. The van der Waals surface area contributed by atoms with Crippen molar-refractivity contribution in [2.24, 2.45) is 0 Å². The van der Waals surface area contributed by atoms with E-state index < -0.39 is 0 Å². The van der Waals surface area contributed by atoms with Crippen LogP contribution in [-0.2, 0) is 5.75 Å². The summed E-state index contributed by atoms with van der Waals surface area (Å²) in [5.74, 6) is 2.50. The van der Waals surface area contributed by atoms with Crippen molar-refractivity contribution in [3.8, 4) is 11.5 Å². The minimum atomic E-state index is 0.118. The molecule has 0 amide bonds. The molecule has 0 aliphatic heterocycles. The second-order valence-electron chi connectivity index (χ2n) is 6.07. The van der Waals surface area contributed by atoms with Crippen LogP contribution in [0.2, 0.25) is 0 Å². The van der Waals surface area contributed by atoms with Gasteiger partial charge in [-0.15, -0.1) is 11.8 Å². The van der Waals surface area contributed by atoms with Crippen molar-refractivity contribution >= 4 is 23.5 Å². The van der Waals surface area contributed by atoms with Crippen LogP contribution in [0, 0.1) is 0 Å². The van der Waals surface area contributed by atoms with Gasteiger partial charge >= 0.3 is 0 Å². The van der Waals surface area contributed by atoms with Gasteiger partial charge in [-0.25, -0.2) is 9.97 Å². The van der Waals surface area contributed by atoms with Crippen molar-refractivity contribution in [3.63, 3.8) is 0 Å². The summed E-state index contributed by atoms with van der Waals surface area (Å²) in [6.07, 6.45) is 3.33. The van der Waals surface area contributed by atoms with E-state index in [1.54, 1.807) is 11.8 Å². The summed E-state index contributed by atoms with van der Waals surface area (Å²) in [6.45, 7) is 4.17. The van der Waals surface area contributed by atoms with Crippen molar-refractivity contribution in [1.82, 2.24) is 15.0 Å². The fraction of sp³-hybridized carbons (Fsp3) is 0.211. The molecule has 1 aromatic carbocycles. The largest absolute Gasteiger partial charge is 0.451 e. The highest BCUT2D eigenvalue weighted by Crippen LogP contribution is 2.35. The van der Waals surface area contributed by atoms with Gasteiger partial charge < -0.3 is 16.2 Å². The highest BCUT2D eigenvalue weighted by atomic mass is 32.2. The topological polar surface area (TPSA) is 99.9 Å². The van der Waals surface area contributed by atoms with Crippen LogP contribution in [0.5, 0.6) is 11.5 Å². The van der Waals surface area contributed by atoms with E-state index in [4.69, 9.17) is 16.2 Å². The van der Waals surface area contributed by atoms with E-state index in [1.807, 2.05) is 30.5 Å². The molecule has 0 spiro atoms. The number of anilines is 2. The molecule has 0 saturated carbocycles. The Kier molecular flexibility index (Phi) is 5.58. The minimum absolute atomic E-state index is 0.118. The number of nitrogen functional groups attached to an aromatic ring is 2. The van der Waals surface area contributed by atoms with Crippen molar-refractivity contribution in [2.75, 3.05) is 11.5 Å². The molecule has 3 aromatic rings. The Labute approximate surface area is 157 Å². The second kappa shape index (κ2) is 8.05. The Morgan fingerprint density at radius 3 is 2.50 bits per heavy atom. The molecule has 0 atom stereocenters. The van der Waals surface area contributed by atoms with Gasteiger partial charge in [-0.3, -0.25) is 0 Å². The Hall–Kier alpha value is -2.80. The molecule has 0 bridgehead atoms. The lowest BCUT2D eigenvalue weighted by molar-refractivity contribution is 0.468. The molecule has 4 N–H and O–H groups in total. The number of nitrogens with two attached hydrogens (primary N) is 2. The standard InChI is InChI=1S/C19H21N5OS/c1-12(2)14-9-22-17(26-11-13-6-4-3-5-7-13)8-15(14)25-16-10-23-19(21)24-18(16)20/h3-10,12H,11H2,1-2H3,(H4,20,21,23,24). The first-order valence-electron chi connectivity index (χ1n) is 8.25. The van der Waals surface area contributed by atoms with E-state index in [0.717, 1.165) is 16.3 Å². The SMILES string of the molecule is CC(C)c1cnc(SCc2ccccc2)cc1Oc1cnc(N)nc1N. The molecule has 0 aliphatic rings. The minimum Gasteiger partial charge on any atom is -0.451 e. The van der Waals surface area contributed by atoms with Gasteiger partial charge in [0.15, 0.2) is 11.6 Å². The third kappa shape index (κ3) is 4.43. The predicted octanol–water partition coefficient (Wildman–Crippen LogP) is 4.24. The van der Waals surface area contributed by atoms with Gasteiger partial charge in [0.1, 0.15) is 5.75 Å². The van der Waals surface area contributed by atoms with Crippen molar-refractivity contribution in [1.29, 1.82) is 0 Å². The number of pyridine rings is 1. The van der Waals surface area contributed by atoms with Crippen LogP contribution in [-0.4, -0.2) is 15.0 Å². The molecule has 2 heterocycles. The molecule has 0 radical (unpaired) electrons. The van der Waals surface area contributed by atoms with E-state index in [-0.39, 0.29) is 17.7 Å². The average Bonchev–Trinajstić information content (AvgIpc) is 2.63. The van der Waals surface area contributed by atoms with Crippen LogP contribution in [0.1, 0.15) is 30.9 Å². The van der Waals surface area contributed by atoms with Gasteiger partial charge in [-0.05, 0) is 11.5 Å². The van der Waals surface area contributed by atoms with Crippen LogP contribution in [0.3, 0.4) is 0 Å². The molecule has 0 fully saturated rings. The molecule has 7 heteroatoms. The predicted molar refractivity (Wildman–Crippen MR) is 105 cm³/mol. The number of benzene rings is 1. The zero-order valence-corrected chi connectivity index (χ0v) is 15.5. The first-order chi connectivity index (χ1) is 12.5. The lowest BCUT2D eigenvalue weighted by Crippen LogP contribution is -2.03. The van der Waals surface area contributed by atoms with Gasteiger partial charge in [0.2, 0.25) is 5.95 Å². The first-order valence-corrected chi connectivity index (χ1v) is 9.24. The van der Waals surface area contributed by atoms with Crippen LogP contribution in [0.25, 0.3) is 0 Å². The summed E-state index contributed by atoms with van der Waals surface area (Å²) in [5, 5.41) is 0.878. The van der Waals surface area contributed by atoms with Crippen LogP contribution in [0.15, 0.2) is 53.8 Å². The highest BCUT2D eigenvalue weighted by Gasteiger charge is 2.14. The molecular weight excluding hydrogens is 346 g/mol. The third-order valence-corrected chi connectivity index (χ3v) is 4.74. The van der Waals surface area contributed by atoms with Gasteiger partial charge in [-0.2, -0.15) is 4.98 Å². The van der Waals surface area contributed by atoms with E-state index >= 15 is 0 Å². The third-order valence-electron chi connectivity index (χ3n) is 3.74. The molecule has 26 heavy (non-hydrogen) atoms. The van der Waals surface area contributed by atoms with Gasteiger partial charge in [0.05, 0.1) is 11.2 Å². The number of rotatable bonds is 6. The number of nitrogens with zero attached hydrogens (tertiary/aromatic N) is 3. The molecule has 2 aromatic heterocycles. The molecule has 3 rings (SSSR count). The van der Waals surface area contributed by atoms with Crippen LogP contribution in [0.4, 0.5) is 11.8 Å². The van der Waals surface area contributed by atoms with Gasteiger partial charge in [-0.1, -0.05) is 44.2 Å². The maximum atomic E-state index is 5.99. The summed E-state index contributed by atoms with van der Waals surface area (Å²) in [4.78, 5) is 12.4. The number of aromatic nitrogens is 3. The Bertz CT molecular complexity index is 886. The zero-order valence-electron chi connectivity index (χ0n) is 14.7. The summed E-state index contributed by atoms with van der Waals surface area (Å²) in [6, 6.07) is 12.2. The number of hydrogen-bond donors (Lipinski definition) is 2. The Morgan fingerprint density at radius 2 is 1.81 bits per heavy atom. The maximum Gasteiger partial charge on any atom is 0.222 e. The lowest BCUT2D eigenvalue weighted by Gasteiger charge is -2.15. The lowest BCUT2D eigenvalue weighted by atomic mass is 10.1. The molecular formula is C19H21N5OS. The maximum absolute atomic E-state index is 5.99. The monoisotopic (exact) mass is 367 g/mol. The number of thioether (sulfide) groups is 1. The summed E-state index contributed by atoms with van der Waals surface area (Å²) < 4.78 is 5.99. The van der Waals surface area contributed by atoms with E-state index in [2.05, 4.69) is 40.9 Å². The van der Waals surface area contributed by atoms with Crippen molar-refractivity contribution in [3.05, 3.63) is 59.9 Å². The van der Waals surface area contributed by atoms with E-state index in [0.29, 0.717) is 11.5 Å². The molecule has 134 valence electrons. The fourth-order valence-corrected chi connectivity index (χ4v) is 3.18. The normalized spacial score (nSPS) is 10.9. The van der Waals surface area contributed by atoms with Gasteiger partial charge in [0, 0.05) is 23.6 Å². The Balaban J connectivity index is 1.84. The average molecular weight is 367 g/mol. The van der Waals surface area contributed by atoms with Crippen LogP contribution < -0.4 is 16.2 Å². The summed E-state index contributed by atoms with van der Waals surface area (Å²) >= 11 is 1.65. The summed E-state index contributed by atoms with van der Waals surface area (Å²) in [5.41, 5.74) is 13.7. The quantitative estimate of drug-likeness (QED) is 0.628. The van der Waals surface area contributed by atoms with E-state index in [9.17, 15) is 0 Å². The smallest absolute Gasteiger partial charge is 0.222 e. The van der Waals surface area contributed by atoms with Gasteiger partial charge in [0.25, 0.3) is 0 Å². The van der Waals surface area contributed by atoms with Crippen molar-refractivity contribution < 1.29 is 4.74 Å². The molecule has 0 unspecified atom stereocenters. The molecule has 0 saturated heterocycles. The fourth-order valence-electron chi connectivity index (χ4n) is 2.36. The van der Waals surface area contributed by atoms with E-state index in [1.165, 1.54) is 11.8 Å². The number of hydrogen-bond acceptors (Lipinski definition) is 7. The first kappa shape index (κ1) is 18.0. The second-order valence-corrected chi connectivity index (χ2v) is 7.06. The molecule has 6 nitrogen and oxygen atoms in total. The highest BCUT2D eigenvalue weighted by molar-refractivity contribution is 7.98.